The Morgan fingerprint density at radius 1 is 0.833 bits per heavy atom. The van der Waals surface area contributed by atoms with Crippen molar-refractivity contribution in [2.24, 2.45) is 35.5 Å². The summed E-state index contributed by atoms with van der Waals surface area (Å²) in [7, 11) is 0. The van der Waals surface area contributed by atoms with Crippen molar-refractivity contribution in [3.63, 3.8) is 0 Å². The molecule has 0 saturated heterocycles. The van der Waals surface area contributed by atoms with Crippen LogP contribution in [0.4, 0.5) is 0 Å². The maximum absolute atomic E-state index is 3.72. The van der Waals surface area contributed by atoms with E-state index in [0.717, 1.165) is 40.8 Å². The molecule has 4 saturated carbocycles. The zero-order valence-corrected chi connectivity index (χ0v) is 17.3. The highest BCUT2D eigenvalue weighted by atomic mass is 32.2. The maximum Gasteiger partial charge on any atom is 0.0104 e. The highest BCUT2D eigenvalue weighted by Gasteiger charge is 2.48. The number of thioether (sulfide) groups is 1. The van der Waals surface area contributed by atoms with Crippen molar-refractivity contribution >= 4 is 11.8 Å². The fourth-order valence-corrected chi connectivity index (χ4v) is 7.43. The third kappa shape index (κ3) is 5.40. The van der Waals surface area contributed by atoms with Crippen LogP contribution in [-0.2, 0) is 0 Å². The molecule has 4 aliphatic carbocycles. The Hall–Kier alpha value is 0.310. The zero-order chi connectivity index (χ0) is 16.9. The van der Waals surface area contributed by atoms with Gasteiger partial charge in [-0.2, -0.15) is 11.8 Å². The molecule has 4 aliphatic rings. The number of rotatable bonds is 11. The molecule has 0 aromatic heterocycles. The second-order valence-corrected chi connectivity index (χ2v) is 11.0. The molecule has 0 aromatic carbocycles. The zero-order valence-electron chi connectivity index (χ0n) is 16.4. The van der Waals surface area contributed by atoms with Gasteiger partial charge in [-0.25, -0.2) is 0 Å². The third-order valence-electron chi connectivity index (χ3n) is 7.02. The van der Waals surface area contributed by atoms with Crippen LogP contribution in [0.15, 0.2) is 0 Å². The third-order valence-corrected chi connectivity index (χ3v) is 8.62. The van der Waals surface area contributed by atoms with Gasteiger partial charge in [-0.15, -0.1) is 0 Å². The quantitative estimate of drug-likeness (QED) is 0.459. The molecule has 0 aliphatic heterocycles. The van der Waals surface area contributed by atoms with Gasteiger partial charge in [0.2, 0.25) is 0 Å². The second-order valence-electron chi connectivity index (χ2n) is 9.73. The maximum atomic E-state index is 3.72. The SMILES string of the molecule is CC(C)CCCC(C)CCNCCSC1C2CC3CC(C2)CC1C3. The summed E-state index contributed by atoms with van der Waals surface area (Å²) >= 11 is 2.33. The topological polar surface area (TPSA) is 12.0 Å². The van der Waals surface area contributed by atoms with Gasteiger partial charge in [0.1, 0.15) is 0 Å². The standard InChI is InChI=1S/C22H41NS/c1-16(2)5-4-6-17(3)7-8-23-9-10-24-22-20-12-18-11-19(14-20)15-21(22)13-18/h16-23H,4-15H2,1-3H3. The van der Waals surface area contributed by atoms with E-state index >= 15 is 0 Å². The summed E-state index contributed by atoms with van der Waals surface area (Å²) in [6.07, 6.45) is 13.5. The van der Waals surface area contributed by atoms with E-state index in [2.05, 4.69) is 37.8 Å². The van der Waals surface area contributed by atoms with E-state index in [1.807, 2.05) is 0 Å². The van der Waals surface area contributed by atoms with Gasteiger partial charge in [0, 0.05) is 17.5 Å². The summed E-state index contributed by atoms with van der Waals surface area (Å²) in [6, 6.07) is 0. The largest absolute Gasteiger partial charge is 0.316 e. The molecule has 0 heterocycles. The minimum atomic E-state index is 0.873. The monoisotopic (exact) mass is 351 g/mol. The van der Waals surface area contributed by atoms with Gasteiger partial charge in [0.05, 0.1) is 0 Å². The van der Waals surface area contributed by atoms with Gasteiger partial charge in [0.25, 0.3) is 0 Å². The average molecular weight is 352 g/mol. The van der Waals surface area contributed by atoms with E-state index in [4.69, 9.17) is 0 Å². The normalized spacial score (nSPS) is 35.8. The van der Waals surface area contributed by atoms with Crippen molar-refractivity contribution in [3.05, 3.63) is 0 Å². The molecular weight excluding hydrogens is 310 g/mol. The van der Waals surface area contributed by atoms with Crippen molar-refractivity contribution in [2.45, 2.75) is 83.8 Å². The predicted molar refractivity (Wildman–Crippen MR) is 109 cm³/mol. The molecule has 140 valence electrons. The first-order chi connectivity index (χ1) is 11.6. The Balaban J connectivity index is 1.21. The molecule has 4 bridgehead atoms. The lowest BCUT2D eigenvalue weighted by Gasteiger charge is -2.54. The molecule has 0 spiro atoms. The van der Waals surface area contributed by atoms with E-state index in [0.29, 0.717) is 0 Å². The van der Waals surface area contributed by atoms with E-state index in [1.165, 1.54) is 44.5 Å². The molecule has 2 heteroatoms. The van der Waals surface area contributed by atoms with Gasteiger partial charge in [0.15, 0.2) is 0 Å². The van der Waals surface area contributed by atoms with E-state index < -0.39 is 0 Å². The van der Waals surface area contributed by atoms with Crippen LogP contribution in [0.1, 0.15) is 78.6 Å². The predicted octanol–water partition coefficient (Wildman–Crippen LogP) is 5.99. The minimum Gasteiger partial charge on any atom is -0.316 e. The van der Waals surface area contributed by atoms with Crippen molar-refractivity contribution in [1.29, 1.82) is 0 Å². The second kappa shape index (κ2) is 9.31. The Labute approximate surface area is 155 Å². The Kier molecular flexibility index (Phi) is 7.40. The molecule has 0 radical (unpaired) electrons. The highest BCUT2D eigenvalue weighted by Crippen LogP contribution is 2.56. The molecule has 4 rings (SSSR count). The smallest absolute Gasteiger partial charge is 0.0104 e. The lowest BCUT2D eigenvalue weighted by atomic mass is 9.56. The first kappa shape index (κ1) is 19.1. The Bertz CT molecular complexity index is 339. The van der Waals surface area contributed by atoms with Crippen molar-refractivity contribution < 1.29 is 0 Å². The van der Waals surface area contributed by atoms with Crippen LogP contribution in [0.25, 0.3) is 0 Å². The molecule has 1 unspecified atom stereocenters. The van der Waals surface area contributed by atoms with Crippen LogP contribution in [0.2, 0.25) is 0 Å². The molecule has 4 fully saturated rings. The van der Waals surface area contributed by atoms with Gasteiger partial charge in [-0.3, -0.25) is 0 Å². The molecule has 1 atom stereocenters. The van der Waals surface area contributed by atoms with Gasteiger partial charge < -0.3 is 5.32 Å². The summed E-state index contributed by atoms with van der Waals surface area (Å²) < 4.78 is 0. The summed E-state index contributed by atoms with van der Waals surface area (Å²) in [4.78, 5) is 0. The summed E-state index contributed by atoms with van der Waals surface area (Å²) in [6.45, 7) is 9.57. The summed E-state index contributed by atoms with van der Waals surface area (Å²) in [5.41, 5.74) is 0. The van der Waals surface area contributed by atoms with E-state index in [9.17, 15) is 0 Å². The van der Waals surface area contributed by atoms with Crippen LogP contribution in [-0.4, -0.2) is 24.1 Å². The average Bonchev–Trinajstić information content (AvgIpc) is 2.51. The van der Waals surface area contributed by atoms with Crippen molar-refractivity contribution in [2.75, 3.05) is 18.8 Å². The number of nitrogens with one attached hydrogen (secondary N) is 1. The van der Waals surface area contributed by atoms with Crippen LogP contribution < -0.4 is 5.32 Å². The van der Waals surface area contributed by atoms with Crippen LogP contribution in [0.3, 0.4) is 0 Å². The lowest BCUT2D eigenvalue weighted by molar-refractivity contribution is 0.0267. The molecular formula is C22H41NS. The van der Waals surface area contributed by atoms with Crippen LogP contribution in [0, 0.1) is 35.5 Å². The fourth-order valence-electron chi connectivity index (χ4n) is 5.91. The summed E-state index contributed by atoms with van der Waals surface area (Å²) in [5, 5.41) is 4.74. The highest BCUT2D eigenvalue weighted by molar-refractivity contribution is 7.99. The van der Waals surface area contributed by atoms with Gasteiger partial charge >= 0.3 is 0 Å². The van der Waals surface area contributed by atoms with Crippen LogP contribution >= 0.6 is 11.8 Å². The molecule has 0 aromatic rings. The first-order valence-corrected chi connectivity index (χ1v) is 12.0. The molecule has 24 heavy (non-hydrogen) atoms. The van der Waals surface area contributed by atoms with E-state index in [1.54, 1.807) is 32.1 Å². The molecule has 1 nitrogen and oxygen atoms in total. The number of hydrogen-bond acceptors (Lipinski definition) is 2. The Morgan fingerprint density at radius 2 is 1.50 bits per heavy atom. The number of hydrogen-bond donors (Lipinski definition) is 1. The first-order valence-electron chi connectivity index (χ1n) is 10.9. The molecule has 0 amide bonds. The summed E-state index contributed by atoms with van der Waals surface area (Å²) in [5.74, 6) is 7.54. The van der Waals surface area contributed by atoms with Crippen molar-refractivity contribution in [1.82, 2.24) is 5.32 Å². The van der Waals surface area contributed by atoms with E-state index in [-0.39, 0.29) is 0 Å². The van der Waals surface area contributed by atoms with Gasteiger partial charge in [-0.05, 0) is 80.6 Å². The Morgan fingerprint density at radius 3 is 2.12 bits per heavy atom. The van der Waals surface area contributed by atoms with Crippen molar-refractivity contribution in [3.8, 4) is 0 Å². The minimum absolute atomic E-state index is 0.873. The molecule has 1 N–H and O–H groups in total. The van der Waals surface area contributed by atoms with Crippen LogP contribution in [0.5, 0.6) is 0 Å². The fraction of sp³-hybridized carbons (Fsp3) is 1.00. The van der Waals surface area contributed by atoms with Gasteiger partial charge in [-0.1, -0.05) is 40.0 Å². The lowest BCUT2D eigenvalue weighted by Crippen LogP contribution is -2.47.